The molecule has 0 N–H and O–H groups in total. The zero-order chi connectivity index (χ0) is 9.84. The molecule has 1 rings (SSSR count). The van der Waals surface area contributed by atoms with Crippen LogP contribution in [0.25, 0.3) is 0 Å². The van der Waals surface area contributed by atoms with Gasteiger partial charge in [0.25, 0.3) is 5.24 Å². The van der Waals surface area contributed by atoms with E-state index in [-0.39, 0.29) is 5.24 Å². The molecule has 0 unspecified atom stereocenters. The summed E-state index contributed by atoms with van der Waals surface area (Å²) < 4.78 is 0. The predicted octanol–water partition coefficient (Wildman–Crippen LogP) is 2.80. The summed E-state index contributed by atoms with van der Waals surface area (Å²) in [4.78, 5) is 12.9. The molecule has 2 nitrogen and oxygen atoms in total. The molecular weight excluding hydrogens is 182 g/mol. The smallest absolute Gasteiger partial charge is 0.286 e. The van der Waals surface area contributed by atoms with Crippen LogP contribution in [0, 0.1) is 0 Å². The van der Waals surface area contributed by atoms with Crippen LogP contribution in [0.3, 0.4) is 0 Å². The summed E-state index contributed by atoms with van der Waals surface area (Å²) >= 11 is 1.32. The Balaban J connectivity index is 3.05. The first-order valence-corrected chi connectivity index (χ1v) is 5.08. The summed E-state index contributed by atoms with van der Waals surface area (Å²) in [6.07, 6.45) is 5.73. The molecule has 0 fully saturated rings. The van der Waals surface area contributed by atoms with E-state index in [1.807, 2.05) is 19.1 Å². The van der Waals surface area contributed by atoms with Gasteiger partial charge in [-0.1, -0.05) is 30.5 Å². The second-order valence-electron chi connectivity index (χ2n) is 2.73. The maximum Gasteiger partial charge on any atom is 0.286 e. The summed E-state index contributed by atoms with van der Waals surface area (Å²) in [6.45, 7) is 5.67. The second-order valence-corrected chi connectivity index (χ2v) is 3.65. The molecule has 0 radical (unpaired) electrons. The maximum atomic E-state index is 11.3. The molecule has 13 heavy (non-hydrogen) atoms. The van der Waals surface area contributed by atoms with Gasteiger partial charge < -0.3 is 4.90 Å². The van der Waals surface area contributed by atoms with Crippen molar-refractivity contribution in [1.29, 1.82) is 0 Å². The minimum Gasteiger partial charge on any atom is -0.306 e. The van der Waals surface area contributed by atoms with Crippen molar-refractivity contribution in [3.8, 4) is 0 Å². The van der Waals surface area contributed by atoms with Crippen LogP contribution in [-0.4, -0.2) is 22.9 Å². The van der Waals surface area contributed by atoms with Gasteiger partial charge in [0.05, 0.1) is 0 Å². The average molecular weight is 195 g/mol. The predicted molar refractivity (Wildman–Crippen MR) is 57.7 cm³/mol. The van der Waals surface area contributed by atoms with Crippen LogP contribution in [0.4, 0.5) is 4.79 Å². The van der Waals surface area contributed by atoms with E-state index < -0.39 is 0 Å². The van der Waals surface area contributed by atoms with Gasteiger partial charge in [-0.05, 0) is 18.6 Å². The number of rotatable bonds is 2. The molecule has 1 aliphatic rings. The van der Waals surface area contributed by atoms with Crippen molar-refractivity contribution in [2.24, 2.45) is 0 Å². The largest absolute Gasteiger partial charge is 0.306 e. The molecule has 0 aromatic rings. The number of likely N-dealkylation sites (N-methyl/N-ethyl adjacent to an activating group) is 1. The van der Waals surface area contributed by atoms with Gasteiger partial charge >= 0.3 is 0 Å². The summed E-state index contributed by atoms with van der Waals surface area (Å²) in [5, 5.41) is 0.0863. The third-order valence-electron chi connectivity index (χ3n) is 1.88. The van der Waals surface area contributed by atoms with E-state index in [0.717, 1.165) is 17.0 Å². The molecule has 0 spiro atoms. The summed E-state index contributed by atoms with van der Waals surface area (Å²) in [5.74, 6) is 0.745. The van der Waals surface area contributed by atoms with Gasteiger partial charge in [0, 0.05) is 18.5 Å². The molecule has 0 aromatic heterocycles. The normalized spacial score (nSPS) is 18.6. The van der Waals surface area contributed by atoms with Crippen molar-refractivity contribution in [3.05, 3.63) is 36.1 Å². The zero-order valence-corrected chi connectivity index (χ0v) is 8.73. The van der Waals surface area contributed by atoms with E-state index in [1.54, 1.807) is 18.0 Å². The SMILES string of the molecule is C=CC1=C(/C=C\C)CSC(=O)N1C. The number of hydrogen-bond acceptors (Lipinski definition) is 2. The monoisotopic (exact) mass is 195 g/mol. The Morgan fingerprint density at radius 2 is 2.31 bits per heavy atom. The highest BCUT2D eigenvalue weighted by atomic mass is 32.2. The van der Waals surface area contributed by atoms with Crippen molar-refractivity contribution >= 4 is 17.0 Å². The number of amides is 1. The van der Waals surface area contributed by atoms with Crippen LogP contribution >= 0.6 is 11.8 Å². The third-order valence-corrected chi connectivity index (χ3v) is 2.85. The van der Waals surface area contributed by atoms with Crippen LogP contribution < -0.4 is 0 Å². The standard InChI is InChI=1S/C10H13NOS/c1-4-6-8-7-13-10(12)11(3)9(8)5-2/h4-6H,2,7H2,1,3H3/b6-4-. The van der Waals surface area contributed by atoms with Crippen molar-refractivity contribution in [3.63, 3.8) is 0 Å². The summed E-state index contributed by atoms with van der Waals surface area (Å²) in [6, 6.07) is 0. The molecule has 1 amide bonds. The first-order valence-electron chi connectivity index (χ1n) is 4.09. The fourth-order valence-corrected chi connectivity index (χ4v) is 2.04. The topological polar surface area (TPSA) is 20.3 Å². The average Bonchev–Trinajstić information content (AvgIpc) is 2.12. The van der Waals surface area contributed by atoms with Crippen molar-refractivity contribution in [2.75, 3.05) is 12.8 Å². The lowest BCUT2D eigenvalue weighted by Gasteiger charge is -2.24. The molecule has 0 bridgehead atoms. The molecular formula is C10H13NOS. The molecule has 0 saturated heterocycles. The Labute approximate surface area is 83.0 Å². The lowest BCUT2D eigenvalue weighted by atomic mass is 10.2. The number of carbonyl (C=O) groups is 1. The number of allylic oxidation sites excluding steroid dienone is 3. The van der Waals surface area contributed by atoms with Crippen LogP contribution in [0.1, 0.15) is 6.92 Å². The highest BCUT2D eigenvalue weighted by molar-refractivity contribution is 8.13. The number of nitrogens with zero attached hydrogens (tertiary/aromatic N) is 1. The second kappa shape index (κ2) is 4.33. The Kier molecular flexibility index (Phi) is 3.37. The minimum absolute atomic E-state index is 0.0863. The van der Waals surface area contributed by atoms with E-state index in [9.17, 15) is 4.79 Å². The van der Waals surface area contributed by atoms with Crippen molar-refractivity contribution in [1.82, 2.24) is 4.90 Å². The molecule has 3 heteroatoms. The van der Waals surface area contributed by atoms with Crippen molar-refractivity contribution < 1.29 is 4.79 Å². The Hall–Kier alpha value is -0.960. The fourth-order valence-electron chi connectivity index (χ4n) is 1.23. The number of carbonyl (C=O) groups excluding carboxylic acids is 1. The summed E-state index contributed by atoms with van der Waals surface area (Å²) in [5.41, 5.74) is 2.08. The molecule has 0 aromatic carbocycles. The van der Waals surface area contributed by atoms with Gasteiger partial charge in [0.1, 0.15) is 0 Å². The molecule has 0 saturated carbocycles. The van der Waals surface area contributed by atoms with Gasteiger partial charge in [0.2, 0.25) is 0 Å². The number of thioether (sulfide) groups is 1. The van der Waals surface area contributed by atoms with E-state index >= 15 is 0 Å². The van der Waals surface area contributed by atoms with E-state index in [1.165, 1.54) is 11.8 Å². The maximum absolute atomic E-state index is 11.3. The Bertz CT molecular complexity index is 291. The lowest BCUT2D eigenvalue weighted by molar-refractivity contribution is 0.243. The molecule has 1 aliphatic heterocycles. The molecule has 0 aliphatic carbocycles. The van der Waals surface area contributed by atoms with Crippen LogP contribution in [0.5, 0.6) is 0 Å². The van der Waals surface area contributed by atoms with Gasteiger partial charge in [-0.15, -0.1) is 0 Å². The first-order chi connectivity index (χ1) is 6.20. The van der Waals surface area contributed by atoms with E-state index in [4.69, 9.17) is 0 Å². The highest BCUT2D eigenvalue weighted by Crippen LogP contribution is 2.26. The van der Waals surface area contributed by atoms with Gasteiger partial charge in [-0.3, -0.25) is 4.79 Å². The van der Waals surface area contributed by atoms with Gasteiger partial charge in [-0.25, -0.2) is 0 Å². The lowest BCUT2D eigenvalue weighted by Crippen LogP contribution is -2.26. The molecule has 1 heterocycles. The summed E-state index contributed by atoms with van der Waals surface area (Å²) in [7, 11) is 1.77. The Morgan fingerprint density at radius 1 is 1.62 bits per heavy atom. The van der Waals surface area contributed by atoms with Crippen LogP contribution in [0.15, 0.2) is 36.1 Å². The van der Waals surface area contributed by atoms with Crippen LogP contribution in [-0.2, 0) is 0 Å². The van der Waals surface area contributed by atoms with E-state index in [2.05, 4.69) is 6.58 Å². The van der Waals surface area contributed by atoms with Gasteiger partial charge in [0.15, 0.2) is 0 Å². The third kappa shape index (κ3) is 2.04. The number of hydrogen-bond donors (Lipinski definition) is 0. The molecule has 0 atom stereocenters. The van der Waals surface area contributed by atoms with E-state index in [0.29, 0.717) is 0 Å². The minimum atomic E-state index is 0.0863. The first kappa shape index (κ1) is 10.1. The van der Waals surface area contributed by atoms with Gasteiger partial charge in [-0.2, -0.15) is 0 Å². The quantitative estimate of drug-likeness (QED) is 0.675. The van der Waals surface area contributed by atoms with Crippen molar-refractivity contribution in [2.45, 2.75) is 6.92 Å². The zero-order valence-electron chi connectivity index (χ0n) is 7.91. The highest BCUT2D eigenvalue weighted by Gasteiger charge is 2.20. The Morgan fingerprint density at radius 3 is 2.85 bits per heavy atom. The molecule has 70 valence electrons. The fraction of sp³-hybridized carbons (Fsp3) is 0.300. The van der Waals surface area contributed by atoms with Crippen LogP contribution in [0.2, 0.25) is 0 Å².